The topological polar surface area (TPSA) is 81.5 Å². The number of hydrogen-bond donors (Lipinski definition) is 1. The van der Waals surface area contributed by atoms with Crippen LogP contribution in [0.5, 0.6) is 11.5 Å². The molecule has 3 aromatic rings. The van der Waals surface area contributed by atoms with E-state index in [1.807, 2.05) is 36.4 Å². The Labute approximate surface area is 217 Å². The zero-order valence-electron chi connectivity index (χ0n) is 21.1. The van der Waals surface area contributed by atoms with Gasteiger partial charge in [-0.25, -0.2) is 0 Å². The van der Waals surface area contributed by atoms with Crippen LogP contribution in [0.3, 0.4) is 0 Å². The molecule has 0 radical (unpaired) electrons. The van der Waals surface area contributed by atoms with Crippen LogP contribution in [0, 0.1) is 0 Å². The third kappa shape index (κ3) is 7.24. The van der Waals surface area contributed by atoms with E-state index in [0.717, 1.165) is 36.2 Å². The molecule has 1 aliphatic heterocycles. The third-order valence-corrected chi connectivity index (χ3v) is 7.27. The Balaban J connectivity index is 1.33. The first-order valence-corrected chi connectivity index (χ1v) is 13.4. The van der Waals surface area contributed by atoms with Crippen LogP contribution in [0.1, 0.15) is 36.2 Å². The molecule has 1 saturated heterocycles. The highest BCUT2D eigenvalue weighted by Crippen LogP contribution is 2.27. The Hall–Kier alpha value is -3.04. The molecule has 0 aliphatic carbocycles. The number of rotatable bonds is 12. The van der Waals surface area contributed by atoms with E-state index < -0.39 is 0 Å². The van der Waals surface area contributed by atoms with Crippen molar-refractivity contribution >= 4 is 17.7 Å². The number of hydrogen-bond acceptors (Lipinski definition) is 7. The van der Waals surface area contributed by atoms with E-state index in [0.29, 0.717) is 36.8 Å². The van der Waals surface area contributed by atoms with Gasteiger partial charge in [0.1, 0.15) is 5.82 Å². The lowest BCUT2D eigenvalue weighted by Gasteiger charge is -2.26. The summed E-state index contributed by atoms with van der Waals surface area (Å²) in [6.07, 6.45) is 4.48. The summed E-state index contributed by atoms with van der Waals surface area (Å²) in [7, 11) is 3.24. The average Bonchev–Trinajstić information content (AvgIpc) is 3.29. The number of amides is 1. The lowest BCUT2D eigenvalue weighted by Crippen LogP contribution is -2.30. The predicted octanol–water partition coefficient (Wildman–Crippen LogP) is 3.78. The van der Waals surface area contributed by atoms with Crippen LogP contribution >= 0.6 is 11.8 Å². The molecule has 9 heteroatoms. The van der Waals surface area contributed by atoms with Crippen LogP contribution in [0.2, 0.25) is 0 Å². The van der Waals surface area contributed by atoms with E-state index in [1.54, 1.807) is 14.2 Å². The van der Waals surface area contributed by atoms with Crippen LogP contribution < -0.4 is 14.8 Å². The van der Waals surface area contributed by atoms with Crippen molar-refractivity contribution in [2.75, 3.05) is 39.6 Å². The van der Waals surface area contributed by atoms with Gasteiger partial charge >= 0.3 is 0 Å². The number of nitrogens with zero attached hydrogens (tertiary/aromatic N) is 4. The van der Waals surface area contributed by atoms with Crippen molar-refractivity contribution in [2.24, 2.45) is 0 Å². The zero-order chi connectivity index (χ0) is 25.2. The molecule has 0 saturated carbocycles. The van der Waals surface area contributed by atoms with Crippen LogP contribution in [-0.2, 0) is 24.3 Å². The zero-order valence-corrected chi connectivity index (χ0v) is 21.9. The van der Waals surface area contributed by atoms with Crippen LogP contribution in [0.25, 0.3) is 0 Å². The average molecular weight is 510 g/mol. The minimum Gasteiger partial charge on any atom is -0.493 e. The molecule has 2 aromatic carbocycles. The van der Waals surface area contributed by atoms with E-state index in [2.05, 4.69) is 37.1 Å². The number of thioether (sulfide) groups is 1. The van der Waals surface area contributed by atoms with Gasteiger partial charge in [0.05, 0.1) is 33.1 Å². The Bertz CT molecular complexity index is 1120. The van der Waals surface area contributed by atoms with Crippen molar-refractivity contribution in [3.05, 3.63) is 65.5 Å². The summed E-state index contributed by atoms with van der Waals surface area (Å²) < 4.78 is 12.8. The van der Waals surface area contributed by atoms with Crippen molar-refractivity contribution < 1.29 is 14.3 Å². The van der Waals surface area contributed by atoms with Gasteiger partial charge in [0.15, 0.2) is 16.7 Å². The summed E-state index contributed by atoms with van der Waals surface area (Å²) in [6.45, 7) is 4.23. The molecule has 1 N–H and O–H groups in total. The summed E-state index contributed by atoms with van der Waals surface area (Å²) in [4.78, 5) is 15.0. The van der Waals surface area contributed by atoms with Crippen LogP contribution in [-0.4, -0.2) is 65.2 Å². The highest BCUT2D eigenvalue weighted by molar-refractivity contribution is 7.99. The molecule has 0 unspecified atom stereocenters. The molecule has 8 nitrogen and oxygen atoms in total. The van der Waals surface area contributed by atoms with Gasteiger partial charge in [0.2, 0.25) is 5.91 Å². The second kappa shape index (κ2) is 13.3. The van der Waals surface area contributed by atoms with Gasteiger partial charge in [-0.05, 0) is 55.6 Å². The highest BCUT2D eigenvalue weighted by atomic mass is 32.2. The molecule has 1 amide bonds. The van der Waals surface area contributed by atoms with Gasteiger partial charge in [-0.2, -0.15) is 0 Å². The Kier molecular flexibility index (Phi) is 9.63. The van der Waals surface area contributed by atoms with Crippen molar-refractivity contribution in [1.82, 2.24) is 25.0 Å². The molecule has 4 rings (SSSR count). The van der Waals surface area contributed by atoms with Gasteiger partial charge in [0.25, 0.3) is 0 Å². The number of likely N-dealkylation sites (tertiary alicyclic amines) is 1. The van der Waals surface area contributed by atoms with Gasteiger partial charge < -0.3 is 19.4 Å². The smallest absolute Gasteiger partial charge is 0.230 e. The molecule has 1 fully saturated rings. The summed E-state index contributed by atoms with van der Waals surface area (Å²) in [5, 5.41) is 12.8. The standard InChI is InChI=1S/C27H35N5O3S/c1-34-23-12-11-21(17-24(23)35-2)13-14-28-26(33)20-36-27-30-29-25(19-31-15-7-4-8-16-31)32(27)18-22-9-5-3-6-10-22/h3,5-6,9-12,17H,4,7-8,13-16,18-20H2,1-2H3,(H,28,33). The summed E-state index contributed by atoms with van der Waals surface area (Å²) in [6, 6.07) is 16.1. The van der Waals surface area contributed by atoms with Crippen molar-refractivity contribution in [2.45, 2.75) is 43.9 Å². The maximum absolute atomic E-state index is 12.6. The fourth-order valence-corrected chi connectivity index (χ4v) is 5.14. The van der Waals surface area contributed by atoms with Gasteiger partial charge in [-0.1, -0.05) is 54.6 Å². The first kappa shape index (κ1) is 26.0. The number of benzene rings is 2. The maximum atomic E-state index is 12.6. The van der Waals surface area contributed by atoms with Crippen molar-refractivity contribution in [3.63, 3.8) is 0 Å². The van der Waals surface area contributed by atoms with Crippen LogP contribution in [0.15, 0.2) is 53.7 Å². The third-order valence-electron chi connectivity index (χ3n) is 6.31. The minimum atomic E-state index is -0.0210. The van der Waals surface area contributed by atoms with Crippen molar-refractivity contribution in [3.8, 4) is 11.5 Å². The Morgan fingerprint density at radius 1 is 0.944 bits per heavy atom. The van der Waals surface area contributed by atoms with E-state index in [9.17, 15) is 4.79 Å². The number of aromatic nitrogens is 3. The first-order chi connectivity index (χ1) is 17.7. The largest absolute Gasteiger partial charge is 0.493 e. The monoisotopic (exact) mass is 509 g/mol. The van der Waals surface area contributed by atoms with Crippen LogP contribution in [0.4, 0.5) is 0 Å². The summed E-state index contributed by atoms with van der Waals surface area (Å²) in [5.74, 6) is 2.61. The van der Waals surface area contributed by atoms with Gasteiger partial charge in [-0.3, -0.25) is 9.69 Å². The number of carbonyl (C=O) groups is 1. The second-order valence-corrected chi connectivity index (χ2v) is 9.83. The number of methoxy groups -OCH3 is 2. The minimum absolute atomic E-state index is 0.0210. The summed E-state index contributed by atoms with van der Waals surface area (Å²) in [5.41, 5.74) is 2.27. The molecular weight excluding hydrogens is 474 g/mol. The van der Waals surface area contributed by atoms with Crippen molar-refractivity contribution in [1.29, 1.82) is 0 Å². The molecule has 0 spiro atoms. The van der Waals surface area contributed by atoms with E-state index in [1.165, 1.54) is 36.6 Å². The van der Waals surface area contributed by atoms with Gasteiger partial charge in [0, 0.05) is 6.54 Å². The fraction of sp³-hybridized carbons (Fsp3) is 0.444. The number of carbonyl (C=O) groups excluding carboxylic acids is 1. The Morgan fingerprint density at radius 2 is 1.72 bits per heavy atom. The molecule has 2 heterocycles. The molecule has 192 valence electrons. The molecule has 1 aromatic heterocycles. The normalized spacial score (nSPS) is 13.9. The lowest BCUT2D eigenvalue weighted by atomic mass is 10.1. The second-order valence-electron chi connectivity index (χ2n) is 8.89. The van der Waals surface area contributed by atoms with Gasteiger partial charge in [-0.15, -0.1) is 10.2 Å². The predicted molar refractivity (Wildman–Crippen MR) is 142 cm³/mol. The SMILES string of the molecule is COc1ccc(CCNC(=O)CSc2nnc(CN3CCCCC3)n2Cc2ccccc2)cc1OC. The maximum Gasteiger partial charge on any atom is 0.230 e. The molecule has 36 heavy (non-hydrogen) atoms. The quantitative estimate of drug-likeness (QED) is 0.372. The molecular formula is C27H35N5O3S. The number of piperidine rings is 1. The van der Waals surface area contributed by atoms with E-state index >= 15 is 0 Å². The number of nitrogens with one attached hydrogen (secondary N) is 1. The summed E-state index contributed by atoms with van der Waals surface area (Å²) >= 11 is 1.44. The van der Waals surface area contributed by atoms with E-state index in [4.69, 9.17) is 9.47 Å². The highest BCUT2D eigenvalue weighted by Gasteiger charge is 2.18. The molecule has 0 atom stereocenters. The lowest BCUT2D eigenvalue weighted by molar-refractivity contribution is -0.118. The fourth-order valence-electron chi connectivity index (χ4n) is 4.35. The Morgan fingerprint density at radius 3 is 2.47 bits per heavy atom. The van der Waals surface area contributed by atoms with E-state index in [-0.39, 0.29) is 5.91 Å². The number of ether oxygens (including phenoxy) is 2. The molecule has 1 aliphatic rings. The molecule has 0 bridgehead atoms. The first-order valence-electron chi connectivity index (χ1n) is 12.4.